The summed E-state index contributed by atoms with van der Waals surface area (Å²) in [5.41, 5.74) is 8.74. The summed E-state index contributed by atoms with van der Waals surface area (Å²) in [4.78, 5) is 5.14. The van der Waals surface area contributed by atoms with Gasteiger partial charge in [-0.2, -0.15) is 0 Å². The molecule has 4 aromatic carbocycles. The van der Waals surface area contributed by atoms with E-state index >= 15 is 0 Å². The van der Waals surface area contributed by atoms with Crippen LogP contribution in [-0.4, -0.2) is 4.98 Å². The molecule has 1 aromatic heterocycles. The van der Waals surface area contributed by atoms with Crippen LogP contribution in [0.25, 0.3) is 44.1 Å². The standard InChI is InChI=1S/C26H16BrN/c27-19-12-9-17(10-13-19)24-22-15-18-6-2-4-8-21(18)26(22)28-23-14-11-16-5-1-3-7-20(16)25(23)24/h1-14H,15H2. The number of rotatable bonds is 1. The third-order valence-corrected chi connectivity index (χ3v) is 6.28. The Bertz CT molecular complexity index is 1380. The molecule has 1 aliphatic rings. The molecular weight excluding hydrogens is 406 g/mol. The number of halogens is 1. The first-order chi connectivity index (χ1) is 13.8. The highest BCUT2D eigenvalue weighted by Crippen LogP contribution is 2.45. The summed E-state index contributed by atoms with van der Waals surface area (Å²) in [6, 6.07) is 30.3. The molecule has 0 amide bonds. The van der Waals surface area contributed by atoms with Gasteiger partial charge in [-0.05, 0) is 51.2 Å². The second-order valence-electron chi connectivity index (χ2n) is 7.34. The minimum absolute atomic E-state index is 0.934. The number of benzene rings is 4. The first-order valence-corrected chi connectivity index (χ1v) is 10.3. The number of pyridine rings is 1. The molecule has 0 spiro atoms. The van der Waals surface area contributed by atoms with Crippen molar-refractivity contribution in [2.75, 3.05) is 0 Å². The van der Waals surface area contributed by atoms with Gasteiger partial charge in [0, 0.05) is 21.8 Å². The molecule has 0 saturated heterocycles. The van der Waals surface area contributed by atoms with Crippen molar-refractivity contribution in [3.63, 3.8) is 0 Å². The van der Waals surface area contributed by atoms with Crippen LogP contribution in [0.3, 0.4) is 0 Å². The lowest BCUT2D eigenvalue weighted by atomic mass is 9.91. The van der Waals surface area contributed by atoms with Crippen molar-refractivity contribution in [2.24, 2.45) is 0 Å². The highest BCUT2D eigenvalue weighted by molar-refractivity contribution is 9.10. The number of nitrogens with zero attached hydrogens (tertiary/aromatic N) is 1. The van der Waals surface area contributed by atoms with Crippen LogP contribution in [0.5, 0.6) is 0 Å². The lowest BCUT2D eigenvalue weighted by Gasteiger charge is -2.15. The Morgan fingerprint density at radius 3 is 2.43 bits per heavy atom. The zero-order valence-electron chi connectivity index (χ0n) is 15.1. The van der Waals surface area contributed by atoms with E-state index in [4.69, 9.17) is 4.98 Å². The molecule has 5 aromatic rings. The molecule has 28 heavy (non-hydrogen) atoms. The molecule has 0 bridgehead atoms. The quantitative estimate of drug-likeness (QED) is 0.252. The second kappa shape index (κ2) is 6.02. The van der Waals surface area contributed by atoms with Crippen LogP contribution in [0.1, 0.15) is 11.1 Å². The van der Waals surface area contributed by atoms with Crippen LogP contribution in [0.4, 0.5) is 0 Å². The van der Waals surface area contributed by atoms with E-state index in [2.05, 4.69) is 101 Å². The monoisotopic (exact) mass is 421 g/mol. The topological polar surface area (TPSA) is 12.9 Å². The van der Waals surface area contributed by atoms with Gasteiger partial charge in [-0.25, -0.2) is 4.98 Å². The fourth-order valence-corrected chi connectivity index (χ4v) is 4.76. The maximum atomic E-state index is 5.14. The smallest absolute Gasteiger partial charge is 0.0754 e. The molecule has 0 saturated carbocycles. The Morgan fingerprint density at radius 2 is 1.54 bits per heavy atom. The average Bonchev–Trinajstić information content (AvgIpc) is 3.11. The molecule has 0 radical (unpaired) electrons. The van der Waals surface area contributed by atoms with Gasteiger partial charge in [0.2, 0.25) is 0 Å². The molecule has 0 fully saturated rings. The number of aromatic nitrogens is 1. The molecular formula is C26H16BrN. The van der Waals surface area contributed by atoms with E-state index in [0.29, 0.717) is 0 Å². The van der Waals surface area contributed by atoms with Gasteiger partial charge in [0.05, 0.1) is 11.2 Å². The first-order valence-electron chi connectivity index (χ1n) is 9.48. The van der Waals surface area contributed by atoms with Crippen molar-refractivity contribution in [3.05, 3.63) is 101 Å². The van der Waals surface area contributed by atoms with Crippen molar-refractivity contribution in [1.82, 2.24) is 4.98 Å². The highest BCUT2D eigenvalue weighted by atomic mass is 79.9. The zero-order chi connectivity index (χ0) is 18.7. The summed E-state index contributed by atoms with van der Waals surface area (Å²) in [5.74, 6) is 0. The van der Waals surface area contributed by atoms with Crippen molar-refractivity contribution in [1.29, 1.82) is 0 Å². The van der Waals surface area contributed by atoms with E-state index in [9.17, 15) is 0 Å². The van der Waals surface area contributed by atoms with Gasteiger partial charge >= 0.3 is 0 Å². The molecule has 0 N–H and O–H groups in total. The molecule has 0 aliphatic heterocycles. The van der Waals surface area contributed by atoms with E-state index in [-0.39, 0.29) is 0 Å². The molecule has 6 rings (SSSR count). The lowest BCUT2D eigenvalue weighted by molar-refractivity contribution is 1.25. The van der Waals surface area contributed by atoms with Crippen LogP contribution in [-0.2, 0) is 6.42 Å². The average molecular weight is 422 g/mol. The zero-order valence-corrected chi connectivity index (χ0v) is 16.7. The third-order valence-electron chi connectivity index (χ3n) is 5.75. The fraction of sp³-hybridized carbons (Fsp3) is 0.0385. The summed E-state index contributed by atoms with van der Waals surface area (Å²) in [6.07, 6.45) is 0.934. The Balaban J connectivity index is 1.81. The predicted molar refractivity (Wildman–Crippen MR) is 121 cm³/mol. The normalized spacial score (nSPS) is 12.3. The Labute approximate surface area is 171 Å². The van der Waals surface area contributed by atoms with Gasteiger partial charge in [-0.15, -0.1) is 0 Å². The Kier molecular flexibility index (Phi) is 3.44. The predicted octanol–water partition coefficient (Wildman–Crippen LogP) is 7.39. The summed E-state index contributed by atoms with van der Waals surface area (Å²) in [6.45, 7) is 0. The number of hydrogen-bond acceptors (Lipinski definition) is 1. The summed E-state index contributed by atoms with van der Waals surface area (Å²) < 4.78 is 1.10. The maximum absolute atomic E-state index is 5.14. The SMILES string of the molecule is Brc1ccc(-c2c3c(nc4ccc5ccccc5c24)-c2ccccc2C3)cc1. The van der Waals surface area contributed by atoms with Crippen LogP contribution in [0.15, 0.2) is 89.4 Å². The van der Waals surface area contributed by atoms with Gasteiger partial charge in [0.15, 0.2) is 0 Å². The van der Waals surface area contributed by atoms with E-state index in [1.165, 1.54) is 44.0 Å². The third kappa shape index (κ3) is 2.28. The molecule has 0 unspecified atom stereocenters. The lowest BCUT2D eigenvalue weighted by Crippen LogP contribution is -1.95. The molecule has 1 heterocycles. The Hall–Kier alpha value is -2.97. The van der Waals surface area contributed by atoms with Crippen molar-refractivity contribution >= 4 is 37.6 Å². The van der Waals surface area contributed by atoms with Crippen molar-refractivity contribution in [3.8, 4) is 22.4 Å². The van der Waals surface area contributed by atoms with E-state index in [0.717, 1.165) is 22.1 Å². The second-order valence-corrected chi connectivity index (χ2v) is 8.25. The summed E-state index contributed by atoms with van der Waals surface area (Å²) in [7, 11) is 0. The largest absolute Gasteiger partial charge is 0.247 e. The van der Waals surface area contributed by atoms with Gasteiger partial charge in [-0.3, -0.25) is 0 Å². The minimum Gasteiger partial charge on any atom is -0.247 e. The Morgan fingerprint density at radius 1 is 0.750 bits per heavy atom. The van der Waals surface area contributed by atoms with Crippen molar-refractivity contribution < 1.29 is 0 Å². The first kappa shape index (κ1) is 16.0. The fourth-order valence-electron chi connectivity index (χ4n) is 4.50. The number of fused-ring (bicyclic) bond motifs is 6. The molecule has 0 atom stereocenters. The summed E-state index contributed by atoms with van der Waals surface area (Å²) >= 11 is 3.58. The van der Waals surface area contributed by atoms with Crippen molar-refractivity contribution in [2.45, 2.75) is 6.42 Å². The van der Waals surface area contributed by atoms with Gasteiger partial charge in [-0.1, -0.05) is 82.7 Å². The van der Waals surface area contributed by atoms with E-state index in [1.807, 2.05) is 0 Å². The van der Waals surface area contributed by atoms with Gasteiger partial charge in [0.25, 0.3) is 0 Å². The maximum Gasteiger partial charge on any atom is 0.0754 e. The highest BCUT2D eigenvalue weighted by Gasteiger charge is 2.25. The number of hydrogen-bond donors (Lipinski definition) is 0. The van der Waals surface area contributed by atoms with Crippen LogP contribution < -0.4 is 0 Å². The van der Waals surface area contributed by atoms with Gasteiger partial charge < -0.3 is 0 Å². The molecule has 1 aliphatic carbocycles. The van der Waals surface area contributed by atoms with E-state index in [1.54, 1.807) is 0 Å². The van der Waals surface area contributed by atoms with Gasteiger partial charge in [0.1, 0.15) is 0 Å². The minimum atomic E-state index is 0.934. The molecule has 1 nitrogen and oxygen atoms in total. The van der Waals surface area contributed by atoms with E-state index < -0.39 is 0 Å². The van der Waals surface area contributed by atoms with Crippen LogP contribution >= 0.6 is 15.9 Å². The van der Waals surface area contributed by atoms with Crippen LogP contribution in [0, 0.1) is 0 Å². The summed E-state index contributed by atoms with van der Waals surface area (Å²) in [5, 5.41) is 3.78. The van der Waals surface area contributed by atoms with Crippen LogP contribution in [0.2, 0.25) is 0 Å². The molecule has 132 valence electrons. The molecule has 2 heteroatoms.